The molecule has 2 aliphatic rings. The number of rotatable bonds is 3. The van der Waals surface area contributed by atoms with Gasteiger partial charge in [-0.3, -0.25) is 9.69 Å². The molecule has 0 unspecified atom stereocenters. The van der Waals surface area contributed by atoms with Crippen LogP contribution in [0.5, 0.6) is 0 Å². The molecule has 2 rings (SSSR count). The fourth-order valence-corrected chi connectivity index (χ4v) is 3.12. The lowest BCUT2D eigenvalue weighted by atomic mass is 9.87. The smallest absolute Gasteiger partial charge is 0.251 e. The first-order valence-electron chi connectivity index (χ1n) is 7.83. The van der Waals surface area contributed by atoms with Crippen molar-refractivity contribution in [2.75, 3.05) is 26.2 Å². The zero-order chi connectivity index (χ0) is 15.1. The molecule has 4 heteroatoms. The normalized spacial score (nSPS) is 27.2. The number of ether oxygens (including phenoxy) is 1. The monoisotopic (exact) mass is 282 g/mol. The molecule has 1 spiro atoms. The van der Waals surface area contributed by atoms with Gasteiger partial charge >= 0.3 is 0 Å². The van der Waals surface area contributed by atoms with Gasteiger partial charge in [-0.05, 0) is 39.2 Å². The van der Waals surface area contributed by atoms with E-state index in [0.717, 1.165) is 26.2 Å². The zero-order valence-corrected chi connectivity index (χ0v) is 13.9. The molecule has 0 N–H and O–H groups in total. The molecule has 0 bridgehead atoms. The summed E-state index contributed by atoms with van der Waals surface area (Å²) >= 11 is 0. The van der Waals surface area contributed by atoms with Gasteiger partial charge in [-0.1, -0.05) is 20.8 Å². The fraction of sp³-hybridized carbons (Fsp3) is 0.938. The molecule has 0 aromatic carbocycles. The van der Waals surface area contributed by atoms with E-state index in [2.05, 4.69) is 39.5 Å². The molecule has 1 amide bonds. The summed E-state index contributed by atoms with van der Waals surface area (Å²) in [5.74, 6) is 0.138. The van der Waals surface area contributed by atoms with Crippen molar-refractivity contribution in [1.29, 1.82) is 0 Å². The summed E-state index contributed by atoms with van der Waals surface area (Å²) in [5, 5.41) is 0. The molecule has 0 radical (unpaired) electrons. The van der Waals surface area contributed by atoms with E-state index in [-0.39, 0.29) is 23.7 Å². The molecule has 2 aliphatic heterocycles. The van der Waals surface area contributed by atoms with Crippen molar-refractivity contribution in [3.63, 3.8) is 0 Å². The Morgan fingerprint density at radius 3 is 2.40 bits per heavy atom. The summed E-state index contributed by atoms with van der Waals surface area (Å²) in [6, 6.07) is 0.259. The second-order valence-corrected chi connectivity index (χ2v) is 8.02. The second-order valence-electron chi connectivity index (χ2n) is 8.02. The van der Waals surface area contributed by atoms with Gasteiger partial charge in [0, 0.05) is 19.1 Å². The van der Waals surface area contributed by atoms with Crippen LogP contribution in [0.1, 0.15) is 48.0 Å². The summed E-state index contributed by atoms with van der Waals surface area (Å²) in [7, 11) is 0. The molecule has 4 nitrogen and oxygen atoms in total. The predicted molar refractivity (Wildman–Crippen MR) is 80.6 cm³/mol. The minimum atomic E-state index is -0.295. The van der Waals surface area contributed by atoms with E-state index in [1.54, 1.807) is 0 Å². The van der Waals surface area contributed by atoms with Crippen molar-refractivity contribution in [2.24, 2.45) is 5.41 Å². The van der Waals surface area contributed by atoms with Gasteiger partial charge in [0.1, 0.15) is 11.7 Å². The van der Waals surface area contributed by atoms with Crippen molar-refractivity contribution < 1.29 is 9.53 Å². The highest BCUT2D eigenvalue weighted by Crippen LogP contribution is 2.33. The molecule has 0 aliphatic carbocycles. The van der Waals surface area contributed by atoms with Crippen molar-refractivity contribution in [2.45, 2.75) is 65.7 Å². The average molecular weight is 282 g/mol. The highest BCUT2D eigenvalue weighted by molar-refractivity contribution is 5.81. The van der Waals surface area contributed by atoms with Gasteiger partial charge in [0.15, 0.2) is 0 Å². The number of nitrogens with zero attached hydrogens (tertiary/aromatic N) is 2. The standard InChI is InChI=1S/C16H30N2O2/c1-12(2)18-11-16(20-13(3)14(18)19)9-17(10-16)8-7-15(4,5)6/h12-13H,7-11H2,1-6H3/t13-/m1/s1. The van der Waals surface area contributed by atoms with Crippen LogP contribution in [-0.4, -0.2) is 59.6 Å². The van der Waals surface area contributed by atoms with E-state index in [1.165, 1.54) is 6.42 Å². The number of amides is 1. The molecule has 0 aromatic rings. The average Bonchev–Trinajstić information content (AvgIpc) is 2.26. The summed E-state index contributed by atoms with van der Waals surface area (Å²) in [6.07, 6.45) is 0.904. The fourth-order valence-electron chi connectivity index (χ4n) is 3.12. The van der Waals surface area contributed by atoms with E-state index in [1.807, 2.05) is 11.8 Å². The van der Waals surface area contributed by atoms with Crippen LogP contribution in [0.4, 0.5) is 0 Å². The molecule has 0 aromatic heterocycles. The van der Waals surface area contributed by atoms with Gasteiger partial charge in [-0.2, -0.15) is 0 Å². The Balaban J connectivity index is 1.90. The lowest BCUT2D eigenvalue weighted by molar-refractivity contribution is -0.217. The maximum atomic E-state index is 12.1. The molecule has 1 atom stereocenters. The Hall–Kier alpha value is -0.610. The minimum Gasteiger partial charge on any atom is -0.358 e. The summed E-state index contributed by atoms with van der Waals surface area (Å²) in [5.41, 5.74) is 0.263. The van der Waals surface area contributed by atoms with Gasteiger partial charge in [-0.15, -0.1) is 0 Å². The number of hydrogen-bond donors (Lipinski definition) is 0. The van der Waals surface area contributed by atoms with Gasteiger partial charge in [0.25, 0.3) is 5.91 Å². The third kappa shape index (κ3) is 3.34. The predicted octanol–water partition coefficient (Wildman–Crippen LogP) is 2.13. The van der Waals surface area contributed by atoms with Crippen LogP contribution in [0.3, 0.4) is 0 Å². The molecule has 20 heavy (non-hydrogen) atoms. The number of morpholine rings is 1. The van der Waals surface area contributed by atoms with Crippen LogP contribution < -0.4 is 0 Å². The Kier molecular flexibility index (Phi) is 4.18. The van der Waals surface area contributed by atoms with E-state index in [9.17, 15) is 4.79 Å². The number of carbonyl (C=O) groups is 1. The molecule has 2 fully saturated rings. The van der Waals surface area contributed by atoms with Gasteiger partial charge in [0.05, 0.1) is 6.54 Å². The first-order chi connectivity index (χ1) is 9.12. The first kappa shape index (κ1) is 15.8. The first-order valence-corrected chi connectivity index (χ1v) is 7.83. The van der Waals surface area contributed by atoms with Crippen LogP contribution >= 0.6 is 0 Å². The van der Waals surface area contributed by atoms with Crippen LogP contribution in [0.2, 0.25) is 0 Å². The minimum absolute atomic E-state index is 0.116. The summed E-state index contributed by atoms with van der Waals surface area (Å²) < 4.78 is 6.03. The third-order valence-electron chi connectivity index (χ3n) is 4.34. The lowest BCUT2D eigenvalue weighted by Gasteiger charge is -2.56. The van der Waals surface area contributed by atoms with Crippen molar-refractivity contribution in [1.82, 2.24) is 9.80 Å². The molecule has 2 saturated heterocycles. The Bertz CT molecular complexity index is 367. The van der Waals surface area contributed by atoms with Crippen LogP contribution in [0.15, 0.2) is 0 Å². The van der Waals surface area contributed by atoms with Crippen molar-refractivity contribution in [3.8, 4) is 0 Å². The Morgan fingerprint density at radius 2 is 1.90 bits per heavy atom. The third-order valence-corrected chi connectivity index (χ3v) is 4.34. The van der Waals surface area contributed by atoms with E-state index >= 15 is 0 Å². The maximum Gasteiger partial charge on any atom is 0.251 e. The largest absolute Gasteiger partial charge is 0.358 e. The lowest BCUT2D eigenvalue weighted by Crippen LogP contribution is -2.73. The number of likely N-dealkylation sites (tertiary alicyclic amines) is 1. The van der Waals surface area contributed by atoms with Gasteiger partial charge < -0.3 is 9.64 Å². The topological polar surface area (TPSA) is 32.8 Å². The van der Waals surface area contributed by atoms with Crippen LogP contribution in [0.25, 0.3) is 0 Å². The summed E-state index contributed by atoms with van der Waals surface area (Å²) in [6.45, 7) is 16.7. The number of hydrogen-bond acceptors (Lipinski definition) is 3. The van der Waals surface area contributed by atoms with Crippen molar-refractivity contribution in [3.05, 3.63) is 0 Å². The second kappa shape index (κ2) is 5.30. The van der Waals surface area contributed by atoms with E-state index in [4.69, 9.17) is 4.74 Å². The molecule has 116 valence electrons. The molecule has 0 saturated carbocycles. The maximum absolute atomic E-state index is 12.1. The van der Waals surface area contributed by atoms with Gasteiger partial charge in [0.2, 0.25) is 0 Å². The Labute approximate surface area is 123 Å². The van der Waals surface area contributed by atoms with Crippen molar-refractivity contribution >= 4 is 5.91 Å². The molecular weight excluding hydrogens is 252 g/mol. The molecular formula is C16H30N2O2. The number of carbonyl (C=O) groups excluding carboxylic acids is 1. The SMILES string of the molecule is CC(C)N1CC2(CN(CCC(C)(C)C)C2)O[C@H](C)C1=O. The highest BCUT2D eigenvalue weighted by Gasteiger charge is 2.51. The highest BCUT2D eigenvalue weighted by atomic mass is 16.5. The van der Waals surface area contributed by atoms with E-state index in [0.29, 0.717) is 5.41 Å². The van der Waals surface area contributed by atoms with Crippen LogP contribution in [-0.2, 0) is 9.53 Å². The van der Waals surface area contributed by atoms with Crippen LogP contribution in [0, 0.1) is 5.41 Å². The van der Waals surface area contributed by atoms with E-state index < -0.39 is 0 Å². The molecule has 2 heterocycles. The quantitative estimate of drug-likeness (QED) is 0.795. The summed E-state index contributed by atoms with van der Waals surface area (Å²) in [4.78, 5) is 16.6. The van der Waals surface area contributed by atoms with Gasteiger partial charge in [-0.25, -0.2) is 0 Å². The Morgan fingerprint density at radius 1 is 1.30 bits per heavy atom. The zero-order valence-electron chi connectivity index (χ0n) is 13.9.